The summed E-state index contributed by atoms with van der Waals surface area (Å²) in [6.07, 6.45) is 0.833. The SMILES string of the molecule is COCO[C@@H]1CN(S(=O)(=O)c2ccc(C)cc2)C[C@@H]2C1=C[C@@H](O)[C@H]2C. The Kier molecular flexibility index (Phi) is 5.31. The van der Waals surface area contributed by atoms with E-state index in [-0.39, 0.29) is 30.1 Å². The van der Waals surface area contributed by atoms with Crippen molar-refractivity contribution in [3.8, 4) is 0 Å². The Labute approximate surface area is 149 Å². The van der Waals surface area contributed by atoms with E-state index in [1.807, 2.05) is 19.9 Å². The summed E-state index contributed by atoms with van der Waals surface area (Å²) in [6.45, 7) is 4.52. The van der Waals surface area contributed by atoms with E-state index in [2.05, 4.69) is 0 Å². The van der Waals surface area contributed by atoms with Crippen LogP contribution in [0.2, 0.25) is 0 Å². The molecule has 4 atom stereocenters. The van der Waals surface area contributed by atoms with Crippen molar-refractivity contribution in [1.29, 1.82) is 0 Å². The Morgan fingerprint density at radius 1 is 1.24 bits per heavy atom. The van der Waals surface area contributed by atoms with Gasteiger partial charge in [0, 0.05) is 26.1 Å². The summed E-state index contributed by atoms with van der Waals surface area (Å²) in [7, 11) is -2.08. The van der Waals surface area contributed by atoms with E-state index in [1.165, 1.54) is 11.4 Å². The first-order valence-corrected chi connectivity index (χ1v) is 9.85. The van der Waals surface area contributed by atoms with Crippen molar-refractivity contribution in [1.82, 2.24) is 4.31 Å². The molecule has 0 bridgehead atoms. The lowest BCUT2D eigenvalue weighted by atomic mass is 9.86. The molecule has 1 aliphatic carbocycles. The number of nitrogens with zero attached hydrogens (tertiary/aromatic N) is 1. The van der Waals surface area contributed by atoms with Gasteiger partial charge < -0.3 is 14.6 Å². The number of fused-ring (bicyclic) bond motifs is 1. The molecular weight excluding hydrogens is 342 g/mol. The molecule has 2 aliphatic rings. The molecule has 1 aromatic rings. The van der Waals surface area contributed by atoms with E-state index in [0.717, 1.165) is 11.1 Å². The minimum Gasteiger partial charge on any atom is -0.389 e. The van der Waals surface area contributed by atoms with Gasteiger partial charge in [-0.15, -0.1) is 0 Å². The number of hydrogen-bond donors (Lipinski definition) is 1. The maximum absolute atomic E-state index is 13.1. The highest BCUT2D eigenvalue weighted by atomic mass is 32.2. The largest absolute Gasteiger partial charge is 0.389 e. The molecular formula is C18H25NO5S. The third-order valence-corrected chi connectivity index (χ3v) is 7.00. The average Bonchev–Trinajstić information content (AvgIpc) is 2.88. The highest BCUT2D eigenvalue weighted by Gasteiger charge is 2.45. The molecule has 0 unspecified atom stereocenters. The molecule has 0 radical (unpaired) electrons. The molecule has 0 spiro atoms. The van der Waals surface area contributed by atoms with Crippen LogP contribution < -0.4 is 0 Å². The van der Waals surface area contributed by atoms with Gasteiger partial charge in [-0.3, -0.25) is 0 Å². The molecule has 6 nitrogen and oxygen atoms in total. The van der Waals surface area contributed by atoms with Crippen molar-refractivity contribution in [3.05, 3.63) is 41.5 Å². The first-order valence-electron chi connectivity index (χ1n) is 8.41. The fourth-order valence-corrected chi connectivity index (χ4v) is 5.04. The smallest absolute Gasteiger partial charge is 0.243 e. The summed E-state index contributed by atoms with van der Waals surface area (Å²) in [5, 5.41) is 10.2. The number of rotatable bonds is 5. The predicted octanol–water partition coefficient (Wildman–Crippen LogP) is 1.54. The molecule has 0 saturated carbocycles. The topological polar surface area (TPSA) is 76.1 Å². The molecule has 1 N–H and O–H groups in total. The zero-order valence-electron chi connectivity index (χ0n) is 14.8. The van der Waals surface area contributed by atoms with Gasteiger partial charge in [-0.25, -0.2) is 8.42 Å². The van der Waals surface area contributed by atoms with Crippen molar-refractivity contribution in [2.75, 3.05) is 27.0 Å². The van der Waals surface area contributed by atoms with E-state index in [0.29, 0.717) is 6.54 Å². The molecule has 25 heavy (non-hydrogen) atoms. The lowest BCUT2D eigenvalue weighted by Gasteiger charge is -2.38. The van der Waals surface area contributed by atoms with Crippen molar-refractivity contribution in [2.24, 2.45) is 11.8 Å². The van der Waals surface area contributed by atoms with Crippen LogP contribution in [-0.2, 0) is 19.5 Å². The Hall–Kier alpha value is -1.25. The molecule has 0 amide bonds. The van der Waals surface area contributed by atoms with Crippen LogP contribution >= 0.6 is 0 Å². The third kappa shape index (κ3) is 3.52. The minimum atomic E-state index is -3.61. The van der Waals surface area contributed by atoms with E-state index in [1.54, 1.807) is 24.3 Å². The number of hydrogen-bond acceptors (Lipinski definition) is 5. The number of methoxy groups -OCH3 is 1. The third-order valence-electron chi connectivity index (χ3n) is 5.15. The van der Waals surface area contributed by atoms with Crippen molar-refractivity contribution < 1.29 is 23.0 Å². The van der Waals surface area contributed by atoms with Crippen LogP contribution in [-0.4, -0.2) is 57.0 Å². The molecule has 3 rings (SSSR count). The lowest BCUT2D eigenvalue weighted by Crippen LogP contribution is -2.49. The number of aryl methyl sites for hydroxylation is 1. The van der Waals surface area contributed by atoms with Crippen LogP contribution in [0.25, 0.3) is 0 Å². The monoisotopic (exact) mass is 367 g/mol. The van der Waals surface area contributed by atoms with Crippen LogP contribution in [0, 0.1) is 18.8 Å². The number of ether oxygens (including phenoxy) is 2. The fraction of sp³-hybridized carbons (Fsp3) is 0.556. The highest BCUT2D eigenvalue weighted by molar-refractivity contribution is 7.89. The van der Waals surface area contributed by atoms with Crippen LogP contribution in [0.3, 0.4) is 0 Å². The number of sulfonamides is 1. The van der Waals surface area contributed by atoms with Gasteiger partial charge in [-0.1, -0.05) is 30.7 Å². The van der Waals surface area contributed by atoms with Crippen LogP contribution in [0.15, 0.2) is 40.8 Å². The minimum absolute atomic E-state index is 0.0420. The quantitative estimate of drug-likeness (QED) is 0.631. The van der Waals surface area contributed by atoms with Crippen LogP contribution in [0.5, 0.6) is 0 Å². The first kappa shape index (κ1) is 18.5. The van der Waals surface area contributed by atoms with Gasteiger partial charge in [0.25, 0.3) is 0 Å². The number of aliphatic hydroxyl groups is 1. The molecule has 7 heteroatoms. The zero-order valence-corrected chi connectivity index (χ0v) is 15.6. The van der Waals surface area contributed by atoms with Crippen LogP contribution in [0.4, 0.5) is 0 Å². The fourth-order valence-electron chi connectivity index (χ4n) is 3.57. The second-order valence-electron chi connectivity index (χ2n) is 6.82. The molecule has 1 fully saturated rings. The van der Waals surface area contributed by atoms with Gasteiger partial charge in [0.1, 0.15) is 6.79 Å². The molecule has 138 valence electrons. The molecule has 0 aromatic heterocycles. The number of benzene rings is 1. The van der Waals surface area contributed by atoms with Crippen molar-refractivity contribution in [3.63, 3.8) is 0 Å². The first-order chi connectivity index (χ1) is 11.8. The molecule has 1 aliphatic heterocycles. The highest BCUT2D eigenvalue weighted by Crippen LogP contribution is 2.40. The zero-order chi connectivity index (χ0) is 18.2. The van der Waals surface area contributed by atoms with Gasteiger partial charge in [0.05, 0.1) is 17.1 Å². The molecule has 1 aromatic carbocycles. The summed E-state index contributed by atoms with van der Waals surface area (Å²) >= 11 is 0. The normalized spacial score (nSPS) is 30.2. The maximum Gasteiger partial charge on any atom is 0.243 e. The molecule has 1 saturated heterocycles. The van der Waals surface area contributed by atoms with Crippen molar-refractivity contribution in [2.45, 2.75) is 31.0 Å². The van der Waals surface area contributed by atoms with E-state index in [9.17, 15) is 13.5 Å². The van der Waals surface area contributed by atoms with Gasteiger partial charge >= 0.3 is 0 Å². The van der Waals surface area contributed by atoms with Gasteiger partial charge in [-0.2, -0.15) is 4.31 Å². The summed E-state index contributed by atoms with van der Waals surface area (Å²) in [4.78, 5) is 0.280. The Morgan fingerprint density at radius 3 is 2.56 bits per heavy atom. The lowest BCUT2D eigenvalue weighted by molar-refractivity contribution is -0.0724. The Morgan fingerprint density at radius 2 is 1.92 bits per heavy atom. The summed E-state index contributed by atoms with van der Waals surface area (Å²) < 4.78 is 38.3. The van der Waals surface area contributed by atoms with Crippen LogP contribution in [0.1, 0.15) is 12.5 Å². The van der Waals surface area contributed by atoms with Gasteiger partial charge in [0.15, 0.2) is 0 Å². The summed E-state index contributed by atoms with van der Waals surface area (Å²) in [5.41, 5.74) is 1.99. The molecule has 1 heterocycles. The second-order valence-corrected chi connectivity index (χ2v) is 8.76. The summed E-state index contributed by atoms with van der Waals surface area (Å²) in [6, 6.07) is 6.86. The number of aliphatic hydroxyl groups excluding tert-OH is 1. The van der Waals surface area contributed by atoms with E-state index < -0.39 is 22.2 Å². The standard InChI is InChI=1S/C18H25NO5S/c1-12-4-6-14(7-5-12)25(21,22)19-9-16-13(2)17(20)8-15(16)18(10-19)24-11-23-3/h4-8,13,16-18,20H,9-11H2,1-3H3/t13-,16-,17+,18+/m0/s1. The van der Waals surface area contributed by atoms with Gasteiger partial charge in [-0.05, 0) is 30.5 Å². The summed E-state index contributed by atoms with van der Waals surface area (Å²) in [5.74, 6) is -0.0921. The Balaban J connectivity index is 1.89. The van der Waals surface area contributed by atoms with E-state index >= 15 is 0 Å². The maximum atomic E-state index is 13.1. The Bertz CT molecular complexity index is 743. The average molecular weight is 367 g/mol. The van der Waals surface area contributed by atoms with Gasteiger partial charge in [0.2, 0.25) is 10.0 Å². The second kappa shape index (κ2) is 7.17. The predicted molar refractivity (Wildman–Crippen MR) is 93.4 cm³/mol. The number of piperidine rings is 1. The van der Waals surface area contributed by atoms with Crippen molar-refractivity contribution >= 4 is 10.0 Å². The van der Waals surface area contributed by atoms with E-state index in [4.69, 9.17) is 9.47 Å².